The average molecular weight is 295 g/mol. The molecule has 0 atom stereocenters. The molecule has 8 heteroatoms. The van der Waals surface area contributed by atoms with Crippen molar-refractivity contribution in [3.8, 4) is 11.5 Å². The molecule has 1 aromatic heterocycles. The van der Waals surface area contributed by atoms with Crippen molar-refractivity contribution < 1.29 is 9.45 Å². The highest BCUT2D eigenvalue weighted by Crippen LogP contribution is 2.31. The van der Waals surface area contributed by atoms with Crippen LogP contribution in [0.3, 0.4) is 0 Å². The van der Waals surface area contributed by atoms with Crippen molar-refractivity contribution in [2.24, 2.45) is 0 Å². The zero-order valence-corrected chi connectivity index (χ0v) is 11.1. The lowest BCUT2D eigenvalue weighted by atomic mass is 10.2. The quantitative estimate of drug-likeness (QED) is 0.672. The van der Waals surface area contributed by atoms with Gasteiger partial charge in [-0.05, 0) is 25.0 Å². The van der Waals surface area contributed by atoms with Crippen molar-refractivity contribution in [3.63, 3.8) is 0 Å². The van der Waals surface area contributed by atoms with Crippen LogP contribution in [0.25, 0.3) is 11.5 Å². The Balaban J connectivity index is 1.86. The van der Waals surface area contributed by atoms with E-state index in [1.165, 1.54) is 12.1 Å². The Hall–Kier alpha value is -1.99. The molecule has 1 fully saturated rings. The highest BCUT2D eigenvalue weighted by atomic mass is 35.5. The molecule has 0 radical (unpaired) electrons. The molecular formula is C12H11ClN4O3. The first-order chi connectivity index (χ1) is 9.63. The van der Waals surface area contributed by atoms with Gasteiger partial charge in [0.1, 0.15) is 5.56 Å². The summed E-state index contributed by atoms with van der Waals surface area (Å²) < 4.78 is 5.09. The van der Waals surface area contributed by atoms with Gasteiger partial charge in [-0.25, -0.2) is 0 Å². The molecule has 20 heavy (non-hydrogen) atoms. The molecule has 7 nitrogen and oxygen atoms in total. The third kappa shape index (κ3) is 2.78. The number of aromatic nitrogens is 2. The third-order valence-electron chi connectivity index (χ3n) is 2.98. The van der Waals surface area contributed by atoms with Crippen LogP contribution in [0.5, 0.6) is 0 Å². The Morgan fingerprint density at radius 2 is 2.30 bits per heavy atom. The number of benzene rings is 1. The van der Waals surface area contributed by atoms with Gasteiger partial charge in [0.05, 0.1) is 11.5 Å². The number of nitrogens with one attached hydrogen (secondary N) is 1. The first-order valence-electron chi connectivity index (χ1n) is 6.14. The first kappa shape index (κ1) is 13.0. The summed E-state index contributed by atoms with van der Waals surface area (Å²) >= 11 is 5.76. The molecule has 1 aliphatic carbocycles. The lowest BCUT2D eigenvalue weighted by Gasteiger charge is -1.98. The van der Waals surface area contributed by atoms with E-state index in [1.54, 1.807) is 6.07 Å². The Morgan fingerprint density at radius 3 is 3.00 bits per heavy atom. The molecular weight excluding hydrogens is 284 g/mol. The summed E-state index contributed by atoms with van der Waals surface area (Å²) in [5.41, 5.74) is 0.118. The van der Waals surface area contributed by atoms with E-state index in [0.717, 1.165) is 12.8 Å². The predicted molar refractivity (Wildman–Crippen MR) is 71.3 cm³/mol. The van der Waals surface area contributed by atoms with Gasteiger partial charge >= 0.3 is 0 Å². The summed E-state index contributed by atoms with van der Waals surface area (Å²) in [6, 6.07) is 4.85. The van der Waals surface area contributed by atoms with Crippen LogP contribution in [0.4, 0.5) is 5.69 Å². The van der Waals surface area contributed by atoms with Gasteiger partial charge in [-0.15, -0.1) is 0 Å². The van der Waals surface area contributed by atoms with Crippen molar-refractivity contribution in [2.45, 2.75) is 25.4 Å². The summed E-state index contributed by atoms with van der Waals surface area (Å²) in [5, 5.41) is 18.4. The molecule has 2 aromatic rings. The molecule has 1 aliphatic rings. The van der Waals surface area contributed by atoms with Gasteiger partial charge in [0.15, 0.2) is 5.82 Å². The van der Waals surface area contributed by atoms with E-state index >= 15 is 0 Å². The molecule has 1 aromatic carbocycles. The van der Waals surface area contributed by atoms with Gasteiger partial charge < -0.3 is 9.84 Å². The monoisotopic (exact) mass is 294 g/mol. The molecule has 0 unspecified atom stereocenters. The molecule has 1 saturated carbocycles. The van der Waals surface area contributed by atoms with Crippen molar-refractivity contribution in [3.05, 3.63) is 39.2 Å². The standard InChI is InChI=1S/C12H11ClN4O3/c13-7-1-4-9(10(5-7)17(18)19)12-15-11(16-20-12)6-14-8-2-3-8/h1,4-5,8,14H,2-3,6H2. The van der Waals surface area contributed by atoms with Crippen LogP contribution in [0.15, 0.2) is 22.7 Å². The second-order valence-corrected chi connectivity index (χ2v) is 5.03. The minimum Gasteiger partial charge on any atom is -0.334 e. The Labute approximate surface area is 119 Å². The van der Waals surface area contributed by atoms with Crippen molar-refractivity contribution >= 4 is 17.3 Å². The normalized spacial score (nSPS) is 14.4. The number of nitro benzene ring substituents is 1. The average Bonchev–Trinajstić information content (AvgIpc) is 3.14. The number of nitro groups is 1. The van der Waals surface area contributed by atoms with Gasteiger partial charge in [-0.2, -0.15) is 4.98 Å². The van der Waals surface area contributed by atoms with E-state index < -0.39 is 4.92 Å². The lowest BCUT2D eigenvalue weighted by molar-refractivity contribution is -0.384. The second kappa shape index (κ2) is 5.18. The molecule has 3 rings (SSSR count). The van der Waals surface area contributed by atoms with E-state index in [9.17, 15) is 10.1 Å². The topological polar surface area (TPSA) is 94.1 Å². The van der Waals surface area contributed by atoms with E-state index in [1.807, 2.05) is 0 Å². The van der Waals surface area contributed by atoms with Crippen molar-refractivity contribution in [2.75, 3.05) is 0 Å². The van der Waals surface area contributed by atoms with Crippen LogP contribution in [-0.4, -0.2) is 21.1 Å². The zero-order valence-electron chi connectivity index (χ0n) is 10.4. The minimum absolute atomic E-state index is 0.126. The van der Waals surface area contributed by atoms with Crippen LogP contribution in [0.2, 0.25) is 5.02 Å². The fraction of sp³-hybridized carbons (Fsp3) is 0.333. The second-order valence-electron chi connectivity index (χ2n) is 4.59. The summed E-state index contributed by atoms with van der Waals surface area (Å²) in [4.78, 5) is 14.7. The number of hydrogen-bond acceptors (Lipinski definition) is 6. The van der Waals surface area contributed by atoms with E-state index in [4.69, 9.17) is 16.1 Å². The number of halogens is 1. The summed E-state index contributed by atoms with van der Waals surface area (Å²) in [6.45, 7) is 0.496. The Morgan fingerprint density at radius 1 is 1.50 bits per heavy atom. The van der Waals surface area contributed by atoms with Crippen molar-refractivity contribution in [1.29, 1.82) is 0 Å². The van der Waals surface area contributed by atoms with Gasteiger partial charge in [-0.1, -0.05) is 16.8 Å². The fourth-order valence-corrected chi connectivity index (χ4v) is 1.96. The smallest absolute Gasteiger partial charge is 0.283 e. The van der Waals surface area contributed by atoms with Gasteiger partial charge in [0.25, 0.3) is 11.6 Å². The van der Waals surface area contributed by atoms with Gasteiger partial charge in [0.2, 0.25) is 0 Å². The van der Waals surface area contributed by atoms with Crippen LogP contribution in [-0.2, 0) is 6.54 Å². The summed E-state index contributed by atoms with van der Waals surface area (Å²) in [7, 11) is 0. The third-order valence-corrected chi connectivity index (χ3v) is 3.22. The highest BCUT2D eigenvalue weighted by Gasteiger charge is 2.23. The maximum atomic E-state index is 11.0. The maximum absolute atomic E-state index is 11.0. The molecule has 0 spiro atoms. The van der Waals surface area contributed by atoms with Crippen LogP contribution in [0, 0.1) is 10.1 Å². The number of rotatable bonds is 5. The number of hydrogen-bond donors (Lipinski definition) is 1. The molecule has 1 N–H and O–H groups in total. The van der Waals surface area contributed by atoms with Gasteiger partial charge in [-0.3, -0.25) is 10.1 Å². The molecule has 1 heterocycles. The summed E-state index contributed by atoms with van der Waals surface area (Å²) in [5.74, 6) is 0.608. The maximum Gasteiger partial charge on any atom is 0.283 e. The van der Waals surface area contributed by atoms with Gasteiger partial charge in [0, 0.05) is 17.1 Å². The van der Waals surface area contributed by atoms with Crippen LogP contribution < -0.4 is 5.32 Å². The molecule has 0 bridgehead atoms. The molecule has 0 amide bonds. The Bertz CT molecular complexity index is 654. The summed E-state index contributed by atoms with van der Waals surface area (Å²) in [6.07, 6.45) is 2.32. The highest BCUT2D eigenvalue weighted by molar-refractivity contribution is 6.30. The predicted octanol–water partition coefficient (Wildman–Crippen LogP) is 2.55. The van der Waals surface area contributed by atoms with Crippen LogP contribution in [0.1, 0.15) is 18.7 Å². The van der Waals surface area contributed by atoms with E-state index in [0.29, 0.717) is 18.4 Å². The SMILES string of the molecule is O=[N+]([O-])c1cc(Cl)ccc1-c1nc(CNC2CC2)no1. The fourth-order valence-electron chi connectivity index (χ4n) is 1.79. The van der Waals surface area contributed by atoms with E-state index in [2.05, 4.69) is 15.5 Å². The Kier molecular flexibility index (Phi) is 3.37. The molecule has 0 saturated heterocycles. The minimum atomic E-state index is -0.520. The number of nitrogens with zero attached hydrogens (tertiary/aromatic N) is 3. The zero-order chi connectivity index (χ0) is 14.1. The first-order valence-corrected chi connectivity index (χ1v) is 6.51. The molecule has 0 aliphatic heterocycles. The molecule has 104 valence electrons. The van der Waals surface area contributed by atoms with Crippen molar-refractivity contribution in [1.82, 2.24) is 15.5 Å². The largest absolute Gasteiger partial charge is 0.334 e. The van der Waals surface area contributed by atoms with Crippen LogP contribution >= 0.6 is 11.6 Å². The lowest BCUT2D eigenvalue weighted by Crippen LogP contribution is -2.16. The van der Waals surface area contributed by atoms with E-state index in [-0.39, 0.29) is 22.2 Å².